The molecular weight excluding hydrogens is 326 g/mol. The molecule has 1 aromatic carbocycles. The van der Waals surface area contributed by atoms with Crippen LogP contribution in [0.25, 0.3) is 0 Å². The number of rotatable bonds is 4. The molecule has 5 nitrogen and oxygen atoms in total. The maximum Gasteiger partial charge on any atom is 0.241 e. The lowest BCUT2D eigenvalue weighted by molar-refractivity contribution is -0.133. The van der Waals surface area contributed by atoms with Crippen LogP contribution in [0.5, 0.6) is 0 Å². The largest absolute Gasteiger partial charge is 0.340 e. The molecule has 2 heterocycles. The molecule has 1 aliphatic carbocycles. The molecule has 1 aromatic rings. The van der Waals surface area contributed by atoms with Gasteiger partial charge in [0, 0.05) is 44.8 Å². The Morgan fingerprint density at radius 1 is 1.00 bits per heavy atom. The zero-order valence-corrected chi connectivity index (χ0v) is 15.3. The number of amides is 2. The monoisotopic (exact) mass is 353 g/mol. The highest BCUT2D eigenvalue weighted by atomic mass is 16.2. The summed E-state index contributed by atoms with van der Waals surface area (Å²) in [4.78, 5) is 31.2. The van der Waals surface area contributed by atoms with Crippen molar-refractivity contribution >= 4 is 17.5 Å². The Kier molecular flexibility index (Phi) is 5.07. The summed E-state index contributed by atoms with van der Waals surface area (Å²) < 4.78 is 0. The highest BCUT2D eigenvalue weighted by molar-refractivity contribution is 5.96. The van der Waals surface area contributed by atoms with Crippen LogP contribution in [0.3, 0.4) is 0 Å². The number of carbonyl (C=O) groups excluding carboxylic acids is 2. The predicted octanol–water partition coefficient (Wildman–Crippen LogP) is 2.08. The number of allylic oxidation sites excluding steroid dienone is 2. The molecule has 1 saturated heterocycles. The van der Waals surface area contributed by atoms with Gasteiger partial charge in [-0.3, -0.25) is 14.5 Å². The molecule has 1 unspecified atom stereocenters. The lowest BCUT2D eigenvalue weighted by Gasteiger charge is -2.35. The normalized spacial score (nSPS) is 22.7. The van der Waals surface area contributed by atoms with Gasteiger partial charge in [-0.2, -0.15) is 0 Å². The number of nitrogens with zero attached hydrogens (tertiary/aromatic N) is 3. The second-order valence-corrected chi connectivity index (χ2v) is 7.55. The van der Waals surface area contributed by atoms with Gasteiger partial charge in [-0.25, -0.2) is 0 Å². The van der Waals surface area contributed by atoms with Gasteiger partial charge < -0.3 is 9.80 Å². The van der Waals surface area contributed by atoms with E-state index in [1.54, 1.807) is 0 Å². The third-order valence-electron chi connectivity index (χ3n) is 5.82. The van der Waals surface area contributed by atoms with Gasteiger partial charge in [0.2, 0.25) is 11.8 Å². The SMILES string of the molecule is O=C(CC1C=CCC1)N1CCN(CC(=O)N2CCc3ccccc32)CC1. The molecule has 2 amide bonds. The van der Waals surface area contributed by atoms with Crippen molar-refractivity contribution in [2.24, 2.45) is 5.92 Å². The van der Waals surface area contributed by atoms with Crippen molar-refractivity contribution in [3.8, 4) is 0 Å². The summed E-state index contributed by atoms with van der Waals surface area (Å²) >= 11 is 0. The predicted molar refractivity (Wildman–Crippen MR) is 102 cm³/mol. The molecule has 26 heavy (non-hydrogen) atoms. The number of hydrogen-bond acceptors (Lipinski definition) is 3. The quantitative estimate of drug-likeness (QED) is 0.779. The Balaban J connectivity index is 1.26. The number of hydrogen-bond donors (Lipinski definition) is 0. The topological polar surface area (TPSA) is 43.9 Å². The maximum absolute atomic E-state index is 12.7. The summed E-state index contributed by atoms with van der Waals surface area (Å²) in [5.41, 5.74) is 2.33. The van der Waals surface area contributed by atoms with Gasteiger partial charge in [0.15, 0.2) is 0 Å². The van der Waals surface area contributed by atoms with Gasteiger partial charge in [0.05, 0.1) is 6.54 Å². The zero-order chi connectivity index (χ0) is 17.9. The summed E-state index contributed by atoms with van der Waals surface area (Å²) in [5, 5.41) is 0. The van der Waals surface area contributed by atoms with Gasteiger partial charge in [-0.05, 0) is 36.8 Å². The van der Waals surface area contributed by atoms with Crippen molar-refractivity contribution in [3.63, 3.8) is 0 Å². The summed E-state index contributed by atoms with van der Waals surface area (Å²) in [6.07, 6.45) is 8.16. The molecule has 4 rings (SSSR count). The van der Waals surface area contributed by atoms with Crippen molar-refractivity contribution in [2.75, 3.05) is 44.2 Å². The van der Waals surface area contributed by atoms with E-state index >= 15 is 0 Å². The molecule has 0 spiro atoms. The van der Waals surface area contributed by atoms with E-state index in [-0.39, 0.29) is 11.8 Å². The highest BCUT2D eigenvalue weighted by Crippen LogP contribution is 2.27. The lowest BCUT2D eigenvalue weighted by atomic mass is 10.0. The van der Waals surface area contributed by atoms with Gasteiger partial charge in [0.25, 0.3) is 0 Å². The third kappa shape index (κ3) is 3.68. The van der Waals surface area contributed by atoms with Crippen molar-refractivity contribution in [1.82, 2.24) is 9.80 Å². The Morgan fingerprint density at radius 3 is 2.58 bits per heavy atom. The molecule has 0 N–H and O–H groups in total. The fourth-order valence-electron chi connectivity index (χ4n) is 4.25. The van der Waals surface area contributed by atoms with Gasteiger partial charge in [-0.15, -0.1) is 0 Å². The van der Waals surface area contributed by atoms with Crippen LogP contribution < -0.4 is 4.90 Å². The minimum atomic E-state index is 0.172. The summed E-state index contributed by atoms with van der Waals surface area (Å²) in [7, 11) is 0. The molecule has 0 radical (unpaired) electrons. The number of piperazine rings is 1. The van der Waals surface area contributed by atoms with E-state index in [0.29, 0.717) is 18.9 Å². The Morgan fingerprint density at radius 2 is 1.81 bits per heavy atom. The number of benzene rings is 1. The van der Waals surface area contributed by atoms with E-state index in [4.69, 9.17) is 0 Å². The smallest absolute Gasteiger partial charge is 0.241 e. The zero-order valence-electron chi connectivity index (χ0n) is 15.3. The minimum Gasteiger partial charge on any atom is -0.340 e. The number of carbonyl (C=O) groups is 2. The van der Waals surface area contributed by atoms with Gasteiger partial charge in [-0.1, -0.05) is 30.4 Å². The molecule has 138 valence electrons. The number of para-hydroxylation sites is 1. The van der Waals surface area contributed by atoms with Crippen molar-refractivity contribution in [2.45, 2.75) is 25.7 Å². The molecule has 0 aromatic heterocycles. The Bertz CT molecular complexity index is 707. The van der Waals surface area contributed by atoms with Crippen LogP contribution in [0, 0.1) is 5.92 Å². The summed E-state index contributed by atoms with van der Waals surface area (Å²) in [6.45, 7) is 4.27. The number of anilines is 1. The first-order valence-corrected chi connectivity index (χ1v) is 9.76. The molecule has 0 saturated carbocycles. The fourth-order valence-corrected chi connectivity index (χ4v) is 4.25. The molecule has 0 bridgehead atoms. The van der Waals surface area contributed by atoms with E-state index in [1.165, 1.54) is 5.56 Å². The van der Waals surface area contributed by atoms with Crippen molar-refractivity contribution in [1.29, 1.82) is 0 Å². The molecule has 3 aliphatic rings. The van der Waals surface area contributed by atoms with E-state index in [2.05, 4.69) is 23.1 Å². The van der Waals surface area contributed by atoms with E-state index in [9.17, 15) is 9.59 Å². The van der Waals surface area contributed by atoms with Crippen LogP contribution in [-0.4, -0.2) is 60.9 Å². The standard InChI is InChI=1S/C21H27N3O2/c25-20(15-17-5-1-2-6-17)23-13-11-22(12-14-23)16-21(26)24-10-9-18-7-3-4-8-19(18)24/h1,3-5,7-8,17H,2,6,9-16H2. The summed E-state index contributed by atoms with van der Waals surface area (Å²) in [5.74, 6) is 0.865. The molecule has 2 aliphatic heterocycles. The molecular formula is C21H27N3O2. The fraction of sp³-hybridized carbons (Fsp3) is 0.524. The van der Waals surface area contributed by atoms with Crippen LogP contribution in [-0.2, 0) is 16.0 Å². The molecule has 1 fully saturated rings. The van der Waals surface area contributed by atoms with Gasteiger partial charge in [0.1, 0.15) is 0 Å². The Hall–Kier alpha value is -2.14. The first-order chi connectivity index (χ1) is 12.7. The van der Waals surface area contributed by atoms with Crippen LogP contribution in [0.2, 0.25) is 0 Å². The highest BCUT2D eigenvalue weighted by Gasteiger charge is 2.28. The van der Waals surface area contributed by atoms with Crippen LogP contribution in [0.15, 0.2) is 36.4 Å². The van der Waals surface area contributed by atoms with E-state index in [0.717, 1.165) is 57.7 Å². The molecule has 1 atom stereocenters. The second kappa shape index (κ2) is 7.62. The first-order valence-electron chi connectivity index (χ1n) is 9.76. The lowest BCUT2D eigenvalue weighted by Crippen LogP contribution is -2.51. The van der Waals surface area contributed by atoms with Crippen LogP contribution in [0.4, 0.5) is 5.69 Å². The number of fused-ring (bicyclic) bond motifs is 1. The first kappa shape index (κ1) is 17.3. The third-order valence-corrected chi connectivity index (χ3v) is 5.82. The van der Waals surface area contributed by atoms with Gasteiger partial charge >= 0.3 is 0 Å². The minimum absolute atomic E-state index is 0.172. The summed E-state index contributed by atoms with van der Waals surface area (Å²) in [6, 6.07) is 8.17. The van der Waals surface area contributed by atoms with E-state index in [1.807, 2.05) is 28.0 Å². The Labute approximate surface area is 155 Å². The average molecular weight is 353 g/mol. The van der Waals surface area contributed by atoms with Crippen molar-refractivity contribution in [3.05, 3.63) is 42.0 Å². The average Bonchev–Trinajstić information content (AvgIpc) is 3.31. The maximum atomic E-state index is 12.7. The van der Waals surface area contributed by atoms with Crippen LogP contribution >= 0.6 is 0 Å². The van der Waals surface area contributed by atoms with E-state index < -0.39 is 0 Å². The molecule has 5 heteroatoms. The second-order valence-electron chi connectivity index (χ2n) is 7.55. The van der Waals surface area contributed by atoms with Crippen LogP contribution in [0.1, 0.15) is 24.8 Å². The van der Waals surface area contributed by atoms with Crippen molar-refractivity contribution < 1.29 is 9.59 Å².